The van der Waals surface area contributed by atoms with Crippen molar-refractivity contribution in [3.63, 3.8) is 0 Å². The molecule has 3 heterocycles. The summed E-state index contributed by atoms with van der Waals surface area (Å²) in [5, 5.41) is 4.50. The molecular weight excluding hydrogens is 331 g/mol. The molecular formula is C18H24Cl2N2O. The third kappa shape index (κ3) is 3.52. The van der Waals surface area contributed by atoms with E-state index in [9.17, 15) is 4.79 Å². The van der Waals surface area contributed by atoms with Crippen LogP contribution in [0.3, 0.4) is 0 Å². The van der Waals surface area contributed by atoms with Gasteiger partial charge in [0.2, 0.25) is 5.91 Å². The SMILES string of the molecule is Cl.O=C(CC1CC2CCC(C1)N2)N1CCc2c(Cl)cccc2C1. The predicted octanol–water partition coefficient (Wildman–Crippen LogP) is 3.57. The van der Waals surface area contributed by atoms with E-state index in [1.54, 1.807) is 0 Å². The predicted molar refractivity (Wildman–Crippen MR) is 95.1 cm³/mol. The lowest BCUT2D eigenvalue weighted by atomic mass is 9.89. The van der Waals surface area contributed by atoms with Gasteiger partial charge in [0.25, 0.3) is 0 Å². The van der Waals surface area contributed by atoms with Crippen molar-refractivity contribution >= 4 is 29.9 Å². The minimum absolute atomic E-state index is 0. The lowest BCUT2D eigenvalue weighted by Gasteiger charge is -2.33. The Labute approximate surface area is 149 Å². The summed E-state index contributed by atoms with van der Waals surface area (Å²) in [5.74, 6) is 0.906. The van der Waals surface area contributed by atoms with Crippen molar-refractivity contribution in [1.82, 2.24) is 10.2 Å². The van der Waals surface area contributed by atoms with Crippen LogP contribution in [0.5, 0.6) is 0 Å². The van der Waals surface area contributed by atoms with Crippen molar-refractivity contribution in [2.75, 3.05) is 6.54 Å². The van der Waals surface area contributed by atoms with Gasteiger partial charge < -0.3 is 10.2 Å². The molecule has 2 unspecified atom stereocenters. The van der Waals surface area contributed by atoms with Crippen LogP contribution in [-0.4, -0.2) is 29.4 Å². The monoisotopic (exact) mass is 354 g/mol. The lowest BCUT2D eigenvalue weighted by molar-refractivity contribution is -0.133. The molecule has 0 aliphatic carbocycles. The second-order valence-electron chi connectivity index (χ2n) is 7.12. The lowest BCUT2D eigenvalue weighted by Crippen LogP contribution is -2.41. The zero-order valence-electron chi connectivity index (χ0n) is 13.3. The Hall–Kier alpha value is -0.770. The number of carbonyl (C=O) groups is 1. The van der Waals surface area contributed by atoms with E-state index in [0.29, 0.717) is 23.9 Å². The van der Waals surface area contributed by atoms with Crippen molar-refractivity contribution in [2.45, 2.75) is 57.2 Å². The number of piperidine rings is 1. The third-order valence-electron chi connectivity index (χ3n) is 5.60. The number of carbonyl (C=O) groups excluding carboxylic acids is 1. The van der Waals surface area contributed by atoms with Crippen molar-refractivity contribution < 1.29 is 4.79 Å². The molecule has 0 saturated carbocycles. The average Bonchev–Trinajstić information content (AvgIpc) is 2.86. The van der Waals surface area contributed by atoms with Crippen molar-refractivity contribution in [1.29, 1.82) is 0 Å². The summed E-state index contributed by atoms with van der Waals surface area (Å²) in [5.41, 5.74) is 2.45. The van der Waals surface area contributed by atoms with Gasteiger partial charge in [-0.3, -0.25) is 4.79 Å². The van der Waals surface area contributed by atoms with Gasteiger partial charge in [-0.1, -0.05) is 23.7 Å². The molecule has 0 aromatic heterocycles. The fourth-order valence-corrected chi connectivity index (χ4v) is 4.78. The van der Waals surface area contributed by atoms with Gasteiger partial charge in [0, 0.05) is 36.6 Å². The van der Waals surface area contributed by atoms with Crippen LogP contribution >= 0.6 is 24.0 Å². The van der Waals surface area contributed by atoms with E-state index < -0.39 is 0 Å². The van der Waals surface area contributed by atoms with Gasteiger partial charge >= 0.3 is 0 Å². The zero-order valence-corrected chi connectivity index (χ0v) is 14.8. The molecule has 3 aliphatic heterocycles. The molecule has 3 nitrogen and oxygen atoms in total. The molecule has 1 aromatic carbocycles. The maximum Gasteiger partial charge on any atom is 0.223 e. The van der Waals surface area contributed by atoms with E-state index in [2.05, 4.69) is 11.4 Å². The number of amides is 1. The second kappa shape index (κ2) is 7.00. The van der Waals surface area contributed by atoms with Gasteiger partial charge in [0.15, 0.2) is 0 Å². The van der Waals surface area contributed by atoms with Crippen LogP contribution in [0, 0.1) is 5.92 Å². The Balaban J connectivity index is 0.00000156. The zero-order chi connectivity index (χ0) is 15.1. The van der Waals surface area contributed by atoms with E-state index >= 15 is 0 Å². The Morgan fingerprint density at radius 1 is 1.26 bits per heavy atom. The average molecular weight is 355 g/mol. The van der Waals surface area contributed by atoms with E-state index in [-0.39, 0.29) is 12.4 Å². The summed E-state index contributed by atoms with van der Waals surface area (Å²) in [4.78, 5) is 14.7. The highest BCUT2D eigenvalue weighted by atomic mass is 35.5. The van der Waals surface area contributed by atoms with Crippen LogP contribution < -0.4 is 5.32 Å². The summed E-state index contributed by atoms with van der Waals surface area (Å²) in [6.07, 6.45) is 6.57. The van der Waals surface area contributed by atoms with Crippen LogP contribution in [0.25, 0.3) is 0 Å². The molecule has 23 heavy (non-hydrogen) atoms. The van der Waals surface area contributed by atoms with Crippen molar-refractivity contribution in [2.24, 2.45) is 5.92 Å². The molecule has 5 heteroatoms. The van der Waals surface area contributed by atoms with Crippen molar-refractivity contribution in [3.8, 4) is 0 Å². The van der Waals surface area contributed by atoms with Crippen molar-refractivity contribution in [3.05, 3.63) is 34.3 Å². The normalized spacial score (nSPS) is 28.9. The Bertz CT molecular complexity index is 580. The van der Waals surface area contributed by atoms with Gasteiger partial charge in [0.1, 0.15) is 0 Å². The fourth-order valence-electron chi connectivity index (χ4n) is 4.49. The fraction of sp³-hybridized carbons (Fsp3) is 0.611. The summed E-state index contributed by atoms with van der Waals surface area (Å²) >= 11 is 6.25. The van der Waals surface area contributed by atoms with Gasteiger partial charge in [-0.25, -0.2) is 0 Å². The van der Waals surface area contributed by atoms with Crippen LogP contribution in [0.4, 0.5) is 0 Å². The van der Waals surface area contributed by atoms with E-state index in [1.807, 2.05) is 17.0 Å². The van der Waals surface area contributed by atoms with Gasteiger partial charge in [-0.2, -0.15) is 0 Å². The van der Waals surface area contributed by atoms with Gasteiger partial charge in [0.05, 0.1) is 0 Å². The van der Waals surface area contributed by atoms with Gasteiger partial charge in [-0.15, -0.1) is 12.4 Å². The molecule has 2 atom stereocenters. The molecule has 2 saturated heterocycles. The number of benzene rings is 1. The molecule has 3 aliphatic rings. The van der Waals surface area contributed by atoms with E-state index in [0.717, 1.165) is 31.0 Å². The maximum absolute atomic E-state index is 12.7. The molecule has 2 fully saturated rings. The number of nitrogens with one attached hydrogen (secondary N) is 1. The highest BCUT2D eigenvalue weighted by Gasteiger charge is 2.35. The topological polar surface area (TPSA) is 32.3 Å². The van der Waals surface area contributed by atoms with E-state index in [4.69, 9.17) is 11.6 Å². The molecule has 126 valence electrons. The minimum atomic E-state index is 0. The Morgan fingerprint density at radius 3 is 2.74 bits per heavy atom. The first kappa shape index (κ1) is 17.1. The summed E-state index contributed by atoms with van der Waals surface area (Å²) in [6, 6.07) is 7.36. The van der Waals surface area contributed by atoms with Crippen LogP contribution in [0.2, 0.25) is 5.02 Å². The van der Waals surface area contributed by atoms with Crippen LogP contribution in [0.1, 0.15) is 43.2 Å². The number of fused-ring (bicyclic) bond motifs is 3. The summed E-state index contributed by atoms with van der Waals surface area (Å²) in [6.45, 7) is 1.54. The maximum atomic E-state index is 12.7. The minimum Gasteiger partial charge on any atom is -0.338 e. The van der Waals surface area contributed by atoms with Crippen LogP contribution in [-0.2, 0) is 17.8 Å². The molecule has 1 N–H and O–H groups in total. The molecule has 1 amide bonds. The molecule has 2 bridgehead atoms. The number of rotatable bonds is 2. The summed E-state index contributed by atoms with van der Waals surface area (Å²) < 4.78 is 0. The molecule has 0 spiro atoms. The largest absolute Gasteiger partial charge is 0.338 e. The molecule has 1 aromatic rings. The second-order valence-corrected chi connectivity index (χ2v) is 7.53. The number of halogens is 2. The standard InChI is InChI=1S/C18H23ClN2O.ClH/c19-17-3-1-2-13-11-21(7-6-16(13)17)18(22)10-12-8-14-4-5-15(9-12)20-14;/h1-3,12,14-15,20H,4-11H2;1H. The molecule has 0 radical (unpaired) electrons. The number of nitrogens with zero attached hydrogens (tertiary/aromatic N) is 1. The summed E-state index contributed by atoms with van der Waals surface area (Å²) in [7, 11) is 0. The highest BCUT2D eigenvalue weighted by Crippen LogP contribution is 2.33. The number of hydrogen-bond donors (Lipinski definition) is 1. The smallest absolute Gasteiger partial charge is 0.223 e. The third-order valence-corrected chi connectivity index (χ3v) is 5.95. The first-order chi connectivity index (χ1) is 10.7. The Morgan fingerprint density at radius 2 is 2.00 bits per heavy atom. The first-order valence-corrected chi connectivity index (χ1v) is 8.87. The Kier molecular flexibility index (Phi) is 5.19. The van der Waals surface area contributed by atoms with Crippen LogP contribution in [0.15, 0.2) is 18.2 Å². The van der Waals surface area contributed by atoms with E-state index in [1.165, 1.54) is 36.8 Å². The van der Waals surface area contributed by atoms with Gasteiger partial charge in [-0.05, 0) is 55.2 Å². The molecule has 4 rings (SSSR count). The first-order valence-electron chi connectivity index (χ1n) is 8.49. The quantitative estimate of drug-likeness (QED) is 0.880. The highest BCUT2D eigenvalue weighted by molar-refractivity contribution is 6.31. The number of hydrogen-bond acceptors (Lipinski definition) is 2.